The monoisotopic (exact) mass is 386 g/mol. The van der Waals surface area contributed by atoms with Crippen molar-refractivity contribution in [1.82, 2.24) is 9.88 Å². The van der Waals surface area contributed by atoms with Gasteiger partial charge in [-0.3, -0.25) is 9.69 Å². The largest absolute Gasteiger partial charge is 0.507 e. The summed E-state index contributed by atoms with van der Waals surface area (Å²) in [6, 6.07) is 1.75. The molecule has 3 heterocycles. The van der Waals surface area contributed by atoms with Gasteiger partial charge in [0.25, 0.3) is 0 Å². The van der Waals surface area contributed by atoms with E-state index in [0.29, 0.717) is 53.3 Å². The predicted octanol–water partition coefficient (Wildman–Crippen LogP) is 3.33. The van der Waals surface area contributed by atoms with Gasteiger partial charge in [0.1, 0.15) is 22.6 Å². The summed E-state index contributed by atoms with van der Waals surface area (Å²) in [6.07, 6.45) is 2.11. The van der Waals surface area contributed by atoms with Crippen molar-refractivity contribution in [2.24, 2.45) is 0 Å². The Labute approximate surface area is 161 Å². The molecule has 0 unspecified atom stereocenters. The highest BCUT2D eigenvalue weighted by Crippen LogP contribution is 2.33. The zero-order valence-electron chi connectivity index (χ0n) is 15.4. The van der Waals surface area contributed by atoms with Crippen LogP contribution in [0.25, 0.3) is 21.5 Å². The van der Waals surface area contributed by atoms with Crippen LogP contribution in [0.4, 0.5) is 0 Å². The lowest BCUT2D eigenvalue weighted by molar-refractivity contribution is 0.0339. The molecule has 1 aromatic carbocycles. The maximum atomic E-state index is 13.2. The third kappa shape index (κ3) is 3.38. The van der Waals surface area contributed by atoms with Gasteiger partial charge >= 0.3 is 0 Å². The highest BCUT2D eigenvalue weighted by molar-refractivity contribution is 7.13. The number of aromatic nitrogens is 1. The van der Waals surface area contributed by atoms with Gasteiger partial charge in [0, 0.05) is 30.7 Å². The van der Waals surface area contributed by atoms with Crippen LogP contribution >= 0.6 is 11.3 Å². The second-order valence-electron chi connectivity index (χ2n) is 6.75. The first-order valence-corrected chi connectivity index (χ1v) is 9.98. The fourth-order valence-electron chi connectivity index (χ4n) is 3.42. The number of nitrogens with zero attached hydrogens (tertiary/aromatic N) is 2. The molecule has 1 fully saturated rings. The van der Waals surface area contributed by atoms with Crippen molar-refractivity contribution in [3.8, 4) is 16.3 Å². The van der Waals surface area contributed by atoms with Crippen molar-refractivity contribution in [3.05, 3.63) is 44.8 Å². The number of benzene rings is 1. The lowest BCUT2D eigenvalue weighted by Crippen LogP contribution is -2.35. The Balaban J connectivity index is 1.87. The van der Waals surface area contributed by atoms with Crippen LogP contribution in [0.3, 0.4) is 0 Å². The summed E-state index contributed by atoms with van der Waals surface area (Å²) in [6.45, 7) is 7.31. The number of hydrogen-bond donors (Lipinski definition) is 1. The van der Waals surface area contributed by atoms with Gasteiger partial charge in [-0.15, -0.1) is 11.3 Å². The third-order valence-electron chi connectivity index (χ3n) is 4.93. The van der Waals surface area contributed by atoms with Crippen molar-refractivity contribution in [2.45, 2.75) is 26.8 Å². The van der Waals surface area contributed by atoms with E-state index in [1.807, 2.05) is 19.2 Å². The van der Waals surface area contributed by atoms with E-state index < -0.39 is 0 Å². The van der Waals surface area contributed by atoms with E-state index in [-0.39, 0.29) is 11.2 Å². The average Bonchev–Trinajstić information content (AvgIpc) is 3.11. The first-order valence-electron chi connectivity index (χ1n) is 9.10. The van der Waals surface area contributed by atoms with E-state index in [0.717, 1.165) is 24.3 Å². The smallest absolute Gasteiger partial charge is 0.202 e. The molecule has 7 heteroatoms. The van der Waals surface area contributed by atoms with E-state index in [1.165, 1.54) is 17.6 Å². The molecule has 1 N–H and O–H groups in total. The molecule has 0 aliphatic carbocycles. The van der Waals surface area contributed by atoms with Gasteiger partial charge in [0.05, 0.1) is 29.7 Å². The third-order valence-corrected chi connectivity index (χ3v) is 5.92. The number of morpholine rings is 1. The molecule has 3 aromatic rings. The minimum absolute atomic E-state index is 0.108. The molecule has 1 saturated heterocycles. The lowest BCUT2D eigenvalue weighted by atomic mass is 10.0. The number of ether oxygens (including phenoxy) is 1. The number of phenolic OH excluding ortho intramolecular Hbond substituents is 1. The van der Waals surface area contributed by atoms with Gasteiger partial charge in [-0.1, -0.05) is 6.92 Å². The molecule has 0 spiro atoms. The first-order chi connectivity index (χ1) is 13.1. The summed E-state index contributed by atoms with van der Waals surface area (Å²) in [4.78, 5) is 19.8. The van der Waals surface area contributed by atoms with Crippen LogP contribution < -0.4 is 5.43 Å². The topological polar surface area (TPSA) is 75.8 Å². The van der Waals surface area contributed by atoms with Crippen molar-refractivity contribution < 1.29 is 14.3 Å². The van der Waals surface area contributed by atoms with Crippen LogP contribution in [0.1, 0.15) is 23.7 Å². The lowest BCUT2D eigenvalue weighted by Gasteiger charge is -2.27. The van der Waals surface area contributed by atoms with Crippen LogP contribution in [0.15, 0.2) is 26.9 Å². The molecule has 1 aliphatic rings. The molecule has 142 valence electrons. The molecule has 1 aliphatic heterocycles. The van der Waals surface area contributed by atoms with E-state index in [9.17, 15) is 9.90 Å². The van der Waals surface area contributed by atoms with Crippen LogP contribution in [0.5, 0.6) is 5.75 Å². The van der Waals surface area contributed by atoms with Crippen molar-refractivity contribution in [3.63, 3.8) is 0 Å². The predicted molar refractivity (Wildman–Crippen MR) is 105 cm³/mol. The molecule has 0 amide bonds. The second-order valence-corrected chi connectivity index (χ2v) is 7.61. The normalized spacial score (nSPS) is 15.5. The van der Waals surface area contributed by atoms with Crippen molar-refractivity contribution >= 4 is 22.3 Å². The zero-order chi connectivity index (χ0) is 19.0. The summed E-state index contributed by atoms with van der Waals surface area (Å²) in [7, 11) is 0. The summed E-state index contributed by atoms with van der Waals surface area (Å²) in [5.41, 5.74) is 3.12. The Morgan fingerprint density at radius 3 is 2.78 bits per heavy atom. The SMILES string of the molecule is CCc1cc2c(=O)c(-c3nc(C)cs3)coc2c(CN2CCOCC2)c1O. The van der Waals surface area contributed by atoms with E-state index >= 15 is 0 Å². The Morgan fingerprint density at radius 1 is 1.33 bits per heavy atom. The van der Waals surface area contributed by atoms with E-state index in [2.05, 4.69) is 9.88 Å². The number of thiazole rings is 1. The molecule has 4 rings (SSSR count). The molecule has 2 aromatic heterocycles. The molecule has 0 bridgehead atoms. The minimum atomic E-state index is -0.108. The number of aromatic hydroxyl groups is 1. The van der Waals surface area contributed by atoms with Gasteiger partial charge in [-0.25, -0.2) is 4.98 Å². The van der Waals surface area contributed by atoms with E-state index in [1.54, 1.807) is 6.07 Å². The zero-order valence-corrected chi connectivity index (χ0v) is 16.3. The fraction of sp³-hybridized carbons (Fsp3) is 0.400. The summed E-state index contributed by atoms with van der Waals surface area (Å²) >= 11 is 1.43. The maximum absolute atomic E-state index is 13.2. The van der Waals surface area contributed by atoms with Gasteiger partial charge < -0.3 is 14.3 Å². The Kier molecular flexibility index (Phi) is 4.99. The van der Waals surface area contributed by atoms with E-state index in [4.69, 9.17) is 9.15 Å². The number of phenols is 1. The highest BCUT2D eigenvalue weighted by atomic mass is 32.1. The summed E-state index contributed by atoms with van der Waals surface area (Å²) < 4.78 is 11.3. The number of rotatable bonds is 4. The number of fused-ring (bicyclic) bond motifs is 1. The Bertz CT molecular complexity index is 1030. The Morgan fingerprint density at radius 2 is 2.11 bits per heavy atom. The average molecular weight is 386 g/mol. The number of hydrogen-bond acceptors (Lipinski definition) is 7. The van der Waals surface area contributed by atoms with Crippen LogP contribution in [0.2, 0.25) is 0 Å². The molecule has 0 radical (unpaired) electrons. The van der Waals surface area contributed by atoms with Crippen molar-refractivity contribution in [2.75, 3.05) is 26.3 Å². The highest BCUT2D eigenvalue weighted by Gasteiger charge is 2.21. The second kappa shape index (κ2) is 7.42. The van der Waals surface area contributed by atoms with Crippen molar-refractivity contribution in [1.29, 1.82) is 0 Å². The number of aryl methyl sites for hydroxylation is 2. The standard InChI is InChI=1S/C20H22N2O4S/c1-3-13-8-14-18(24)16(20-21-12(2)11-27-20)10-26-19(14)15(17(13)23)9-22-4-6-25-7-5-22/h8,10-11,23H,3-7,9H2,1-2H3. The molecule has 27 heavy (non-hydrogen) atoms. The molecule has 6 nitrogen and oxygen atoms in total. The molecule has 0 saturated carbocycles. The van der Waals surface area contributed by atoms with Gasteiger partial charge in [0.2, 0.25) is 5.43 Å². The van der Waals surface area contributed by atoms with Gasteiger partial charge in [-0.2, -0.15) is 0 Å². The quantitative estimate of drug-likeness (QED) is 0.741. The minimum Gasteiger partial charge on any atom is -0.507 e. The molecular weight excluding hydrogens is 364 g/mol. The van der Waals surface area contributed by atoms with Crippen LogP contribution in [0, 0.1) is 6.92 Å². The maximum Gasteiger partial charge on any atom is 0.202 e. The molecular formula is C20H22N2O4S. The van der Waals surface area contributed by atoms with Crippen LogP contribution in [-0.2, 0) is 17.7 Å². The van der Waals surface area contributed by atoms with Gasteiger partial charge in [-0.05, 0) is 25.0 Å². The first kappa shape index (κ1) is 18.2. The fourth-order valence-corrected chi connectivity index (χ4v) is 4.22. The van der Waals surface area contributed by atoms with Gasteiger partial charge in [0.15, 0.2) is 0 Å². The molecule has 0 atom stereocenters. The Hall–Kier alpha value is -2.22. The summed E-state index contributed by atoms with van der Waals surface area (Å²) in [5, 5.41) is 13.8. The van der Waals surface area contributed by atoms with Crippen LogP contribution in [-0.4, -0.2) is 41.3 Å². The summed E-state index contributed by atoms with van der Waals surface area (Å²) in [5.74, 6) is 0.220.